The molecule has 0 radical (unpaired) electrons. The molecule has 1 aliphatic rings. The Labute approximate surface area is 280 Å². The fourth-order valence-corrected chi connectivity index (χ4v) is 5.82. The number of nitrogens with zero attached hydrogens (tertiary/aromatic N) is 3. The summed E-state index contributed by atoms with van der Waals surface area (Å²) in [7, 11) is 5.21. The van der Waals surface area contributed by atoms with Crippen molar-refractivity contribution in [2.75, 3.05) is 34.2 Å². The SMILES string of the molecule is CNC(C)(C)CC=CC(=O)N(C)[C@H](Cc1ccc(-c2ccccc2)cc1)C(=O)N(C)[C@H](Cc1ccccc1)C(=O)N1CCC(O)CC1. The van der Waals surface area contributed by atoms with Crippen LogP contribution in [0, 0.1) is 0 Å². The number of likely N-dealkylation sites (N-methyl/N-ethyl adjacent to an activating group) is 2. The Morgan fingerprint density at radius 2 is 1.36 bits per heavy atom. The summed E-state index contributed by atoms with van der Waals surface area (Å²) >= 11 is 0. The first-order chi connectivity index (χ1) is 22.5. The molecule has 0 unspecified atom stereocenters. The number of carbonyl (C=O) groups excluding carboxylic acids is 3. The van der Waals surface area contributed by atoms with E-state index in [0.29, 0.717) is 45.2 Å². The first-order valence-electron chi connectivity index (χ1n) is 16.5. The lowest BCUT2D eigenvalue weighted by atomic mass is 9.97. The summed E-state index contributed by atoms with van der Waals surface area (Å²) in [6, 6.07) is 26.2. The fraction of sp³-hybridized carbons (Fsp3) is 0.410. The number of piperidine rings is 1. The van der Waals surface area contributed by atoms with E-state index in [-0.39, 0.29) is 23.3 Å². The number of rotatable bonds is 13. The van der Waals surface area contributed by atoms with Gasteiger partial charge in [-0.2, -0.15) is 0 Å². The largest absolute Gasteiger partial charge is 0.393 e. The Morgan fingerprint density at radius 1 is 0.830 bits per heavy atom. The summed E-state index contributed by atoms with van der Waals surface area (Å²) in [6.45, 7) is 4.99. The molecule has 8 heteroatoms. The Morgan fingerprint density at radius 3 is 1.96 bits per heavy atom. The Hall–Kier alpha value is -4.27. The van der Waals surface area contributed by atoms with Gasteiger partial charge >= 0.3 is 0 Å². The second kappa shape index (κ2) is 16.5. The Balaban J connectivity index is 1.63. The average molecular weight is 639 g/mol. The van der Waals surface area contributed by atoms with Gasteiger partial charge in [0.25, 0.3) is 0 Å². The van der Waals surface area contributed by atoms with E-state index in [2.05, 4.69) is 31.3 Å². The summed E-state index contributed by atoms with van der Waals surface area (Å²) in [5.41, 5.74) is 3.83. The molecule has 8 nitrogen and oxygen atoms in total. The second-order valence-corrected chi connectivity index (χ2v) is 13.2. The number of benzene rings is 3. The molecule has 4 rings (SSSR count). The summed E-state index contributed by atoms with van der Waals surface area (Å²) in [4.78, 5) is 46.9. The first-order valence-corrected chi connectivity index (χ1v) is 16.5. The van der Waals surface area contributed by atoms with Crippen molar-refractivity contribution in [3.63, 3.8) is 0 Å². The smallest absolute Gasteiger partial charge is 0.246 e. The van der Waals surface area contributed by atoms with E-state index in [0.717, 1.165) is 22.3 Å². The number of hydrogen-bond acceptors (Lipinski definition) is 5. The van der Waals surface area contributed by atoms with Crippen molar-refractivity contribution in [1.82, 2.24) is 20.0 Å². The molecule has 0 saturated carbocycles. The number of aliphatic hydroxyl groups excluding tert-OH is 1. The number of aliphatic hydroxyl groups is 1. The lowest BCUT2D eigenvalue weighted by Crippen LogP contribution is -2.57. The highest BCUT2D eigenvalue weighted by Crippen LogP contribution is 2.22. The standard InChI is InChI=1S/C39H50N4O4/c1-39(2,40-3)24-12-17-36(45)41(4)34(28-30-18-20-32(21-19-30)31-15-10-7-11-16-31)37(46)42(5)35(27-29-13-8-6-9-14-29)38(47)43-25-22-33(44)23-26-43/h6-21,33-35,40,44H,22-28H2,1-5H3/t34-,35-/m1/s1. The van der Waals surface area contributed by atoms with E-state index in [1.54, 1.807) is 19.0 Å². The van der Waals surface area contributed by atoms with Gasteiger partial charge in [0, 0.05) is 45.6 Å². The quantitative estimate of drug-likeness (QED) is 0.265. The summed E-state index contributed by atoms with van der Waals surface area (Å²) in [6.07, 6.45) is 5.24. The van der Waals surface area contributed by atoms with Crippen molar-refractivity contribution in [3.8, 4) is 11.1 Å². The molecule has 1 heterocycles. The van der Waals surface area contributed by atoms with Crippen LogP contribution in [0.15, 0.2) is 97.1 Å². The number of nitrogens with one attached hydrogen (secondary N) is 1. The molecule has 2 atom stereocenters. The third-order valence-electron chi connectivity index (χ3n) is 9.30. The average Bonchev–Trinajstić information content (AvgIpc) is 3.09. The van der Waals surface area contributed by atoms with Gasteiger partial charge in [-0.1, -0.05) is 91.0 Å². The third-order valence-corrected chi connectivity index (χ3v) is 9.30. The number of hydrogen-bond donors (Lipinski definition) is 2. The van der Waals surface area contributed by atoms with Crippen LogP contribution in [0.2, 0.25) is 0 Å². The molecule has 1 aliphatic heterocycles. The molecule has 47 heavy (non-hydrogen) atoms. The summed E-state index contributed by atoms with van der Waals surface area (Å²) < 4.78 is 0. The summed E-state index contributed by atoms with van der Waals surface area (Å²) in [5, 5.41) is 13.3. The zero-order valence-corrected chi connectivity index (χ0v) is 28.4. The molecule has 2 N–H and O–H groups in total. The molecule has 0 aromatic heterocycles. The minimum absolute atomic E-state index is 0.147. The van der Waals surface area contributed by atoms with E-state index in [4.69, 9.17) is 0 Å². The van der Waals surface area contributed by atoms with Crippen LogP contribution >= 0.6 is 0 Å². The number of likely N-dealkylation sites (tertiary alicyclic amines) is 1. The third kappa shape index (κ3) is 9.86. The van der Waals surface area contributed by atoms with Crippen molar-refractivity contribution in [1.29, 1.82) is 0 Å². The van der Waals surface area contributed by atoms with Crippen molar-refractivity contribution in [3.05, 3.63) is 108 Å². The van der Waals surface area contributed by atoms with Crippen molar-refractivity contribution in [2.24, 2.45) is 0 Å². The molecular formula is C39H50N4O4. The molecule has 250 valence electrons. The first kappa shape index (κ1) is 35.6. The zero-order valence-electron chi connectivity index (χ0n) is 28.4. The molecule has 3 aromatic carbocycles. The Bertz CT molecular complexity index is 1480. The topological polar surface area (TPSA) is 93.2 Å². The number of amides is 3. The molecule has 0 aliphatic carbocycles. The fourth-order valence-electron chi connectivity index (χ4n) is 5.82. The monoisotopic (exact) mass is 638 g/mol. The molecule has 3 amide bonds. The van der Waals surface area contributed by atoms with E-state index < -0.39 is 18.2 Å². The predicted molar refractivity (Wildman–Crippen MR) is 188 cm³/mol. The van der Waals surface area contributed by atoms with Gasteiger partial charge in [0.05, 0.1) is 6.10 Å². The summed E-state index contributed by atoms with van der Waals surface area (Å²) in [5.74, 6) is -0.727. The maximum atomic E-state index is 14.5. The van der Waals surface area contributed by atoms with Crippen LogP contribution in [0.5, 0.6) is 0 Å². The van der Waals surface area contributed by atoms with Gasteiger partial charge in [0.1, 0.15) is 12.1 Å². The molecular weight excluding hydrogens is 588 g/mol. The van der Waals surface area contributed by atoms with Gasteiger partial charge in [-0.15, -0.1) is 0 Å². The normalized spacial score (nSPS) is 15.3. The van der Waals surface area contributed by atoms with Crippen LogP contribution in [0.1, 0.15) is 44.2 Å². The highest BCUT2D eigenvalue weighted by molar-refractivity contribution is 5.95. The van der Waals surface area contributed by atoms with E-state index in [1.165, 1.54) is 15.9 Å². The van der Waals surface area contributed by atoms with Crippen LogP contribution in [0.25, 0.3) is 11.1 Å². The minimum Gasteiger partial charge on any atom is -0.393 e. The maximum absolute atomic E-state index is 14.5. The molecule has 1 saturated heterocycles. The van der Waals surface area contributed by atoms with Gasteiger partial charge in [-0.05, 0) is 68.5 Å². The Kier molecular flexibility index (Phi) is 12.5. The van der Waals surface area contributed by atoms with Crippen LogP contribution < -0.4 is 5.32 Å². The lowest BCUT2D eigenvalue weighted by Gasteiger charge is -2.38. The predicted octanol–water partition coefficient (Wildman–Crippen LogP) is 4.72. The highest BCUT2D eigenvalue weighted by atomic mass is 16.3. The van der Waals surface area contributed by atoms with Crippen molar-refractivity contribution >= 4 is 17.7 Å². The van der Waals surface area contributed by atoms with E-state index in [9.17, 15) is 19.5 Å². The van der Waals surface area contributed by atoms with Gasteiger partial charge < -0.3 is 25.1 Å². The second-order valence-electron chi connectivity index (χ2n) is 13.2. The maximum Gasteiger partial charge on any atom is 0.246 e. The van der Waals surface area contributed by atoms with E-state index >= 15 is 0 Å². The molecule has 3 aromatic rings. The highest BCUT2D eigenvalue weighted by Gasteiger charge is 2.37. The number of carbonyl (C=O) groups is 3. The van der Waals surface area contributed by atoms with Crippen LogP contribution in [-0.2, 0) is 27.2 Å². The zero-order chi connectivity index (χ0) is 34.0. The molecule has 0 spiro atoms. The molecule has 1 fully saturated rings. The van der Waals surface area contributed by atoms with Crippen LogP contribution in [0.3, 0.4) is 0 Å². The van der Waals surface area contributed by atoms with Gasteiger partial charge in [0.2, 0.25) is 17.7 Å². The van der Waals surface area contributed by atoms with Crippen LogP contribution in [-0.4, -0.2) is 95.5 Å². The van der Waals surface area contributed by atoms with Gasteiger partial charge in [-0.25, -0.2) is 0 Å². The molecule has 0 bridgehead atoms. The minimum atomic E-state index is -0.841. The lowest BCUT2D eigenvalue weighted by molar-refractivity contribution is -0.150. The van der Waals surface area contributed by atoms with Crippen LogP contribution in [0.4, 0.5) is 0 Å². The van der Waals surface area contributed by atoms with Crippen molar-refractivity contribution < 1.29 is 19.5 Å². The van der Waals surface area contributed by atoms with E-state index in [1.807, 2.05) is 85.9 Å². The van der Waals surface area contributed by atoms with Crippen molar-refractivity contribution in [2.45, 2.75) is 69.7 Å². The van der Waals surface area contributed by atoms with Gasteiger partial charge in [0.15, 0.2) is 0 Å². The van der Waals surface area contributed by atoms with Gasteiger partial charge in [-0.3, -0.25) is 14.4 Å².